The Hall–Kier alpha value is -0.610. The van der Waals surface area contributed by atoms with Crippen molar-refractivity contribution in [2.75, 3.05) is 13.1 Å². The molecule has 4 heteroatoms. The summed E-state index contributed by atoms with van der Waals surface area (Å²) in [5, 5.41) is 1.91. The molecular formula is C11H14BrNOS. The van der Waals surface area contributed by atoms with E-state index < -0.39 is 0 Å². The highest BCUT2D eigenvalue weighted by atomic mass is 79.9. The molecule has 2 nitrogen and oxygen atoms in total. The van der Waals surface area contributed by atoms with Crippen LogP contribution >= 0.6 is 27.3 Å². The first-order valence-electron chi connectivity index (χ1n) is 4.83. The van der Waals surface area contributed by atoms with E-state index in [2.05, 4.69) is 29.4 Å². The van der Waals surface area contributed by atoms with E-state index in [-0.39, 0.29) is 5.91 Å². The maximum Gasteiger partial charge on any atom is 0.265 e. The van der Waals surface area contributed by atoms with Gasteiger partial charge in [0, 0.05) is 17.6 Å². The third-order valence-electron chi connectivity index (χ3n) is 1.94. The lowest BCUT2D eigenvalue weighted by Gasteiger charge is -2.19. The van der Waals surface area contributed by atoms with Gasteiger partial charge in [-0.15, -0.1) is 17.9 Å². The zero-order valence-electron chi connectivity index (χ0n) is 8.70. The Morgan fingerprint density at radius 3 is 2.93 bits per heavy atom. The second-order valence-corrected chi connectivity index (χ2v) is 4.91. The van der Waals surface area contributed by atoms with Gasteiger partial charge in [0.1, 0.15) is 4.88 Å². The molecule has 0 fully saturated rings. The normalized spacial score (nSPS) is 10.0. The molecule has 82 valence electrons. The molecule has 0 bridgehead atoms. The lowest BCUT2D eigenvalue weighted by molar-refractivity contribution is 0.0778. The Bertz CT molecular complexity index is 348. The molecule has 0 aliphatic heterocycles. The van der Waals surface area contributed by atoms with Gasteiger partial charge in [-0.25, -0.2) is 0 Å². The van der Waals surface area contributed by atoms with Gasteiger partial charge in [-0.1, -0.05) is 13.0 Å². The Morgan fingerprint density at radius 2 is 2.47 bits per heavy atom. The van der Waals surface area contributed by atoms with Crippen LogP contribution in [-0.2, 0) is 0 Å². The summed E-state index contributed by atoms with van der Waals surface area (Å²) in [5.41, 5.74) is 0. The van der Waals surface area contributed by atoms with Crippen LogP contribution in [0, 0.1) is 0 Å². The van der Waals surface area contributed by atoms with Crippen LogP contribution in [0.2, 0.25) is 0 Å². The molecule has 0 saturated heterocycles. The van der Waals surface area contributed by atoms with Crippen molar-refractivity contribution >= 4 is 33.2 Å². The smallest absolute Gasteiger partial charge is 0.265 e. The molecule has 0 aliphatic rings. The SMILES string of the molecule is C=CCN(CCC)C(=O)c1sccc1Br. The minimum atomic E-state index is 0.0821. The van der Waals surface area contributed by atoms with Crippen LogP contribution in [0.5, 0.6) is 0 Å². The van der Waals surface area contributed by atoms with Crippen LogP contribution in [0.25, 0.3) is 0 Å². The van der Waals surface area contributed by atoms with Crippen molar-refractivity contribution in [3.05, 3.63) is 33.5 Å². The number of thiophene rings is 1. The van der Waals surface area contributed by atoms with E-state index in [0.717, 1.165) is 22.3 Å². The van der Waals surface area contributed by atoms with E-state index in [4.69, 9.17) is 0 Å². The van der Waals surface area contributed by atoms with Crippen LogP contribution in [0.4, 0.5) is 0 Å². The summed E-state index contributed by atoms with van der Waals surface area (Å²) >= 11 is 4.84. The second-order valence-electron chi connectivity index (χ2n) is 3.14. The topological polar surface area (TPSA) is 20.3 Å². The van der Waals surface area contributed by atoms with E-state index in [9.17, 15) is 4.79 Å². The fourth-order valence-corrected chi connectivity index (χ4v) is 2.80. The number of amides is 1. The van der Waals surface area contributed by atoms with E-state index >= 15 is 0 Å². The van der Waals surface area contributed by atoms with Crippen molar-refractivity contribution in [2.24, 2.45) is 0 Å². The maximum absolute atomic E-state index is 12.1. The Morgan fingerprint density at radius 1 is 1.73 bits per heavy atom. The predicted molar refractivity (Wildman–Crippen MR) is 68.4 cm³/mol. The summed E-state index contributed by atoms with van der Waals surface area (Å²) in [5.74, 6) is 0.0821. The first-order valence-corrected chi connectivity index (χ1v) is 6.51. The summed E-state index contributed by atoms with van der Waals surface area (Å²) < 4.78 is 0.877. The Balaban J connectivity index is 2.80. The monoisotopic (exact) mass is 287 g/mol. The fourth-order valence-electron chi connectivity index (χ4n) is 1.29. The lowest BCUT2D eigenvalue weighted by Crippen LogP contribution is -2.31. The summed E-state index contributed by atoms with van der Waals surface area (Å²) in [6.45, 7) is 7.11. The number of carbonyl (C=O) groups is 1. The largest absolute Gasteiger partial charge is 0.334 e. The zero-order valence-corrected chi connectivity index (χ0v) is 11.1. The minimum absolute atomic E-state index is 0.0821. The van der Waals surface area contributed by atoms with Gasteiger partial charge in [0.2, 0.25) is 0 Å². The second kappa shape index (κ2) is 6.08. The molecule has 0 aromatic carbocycles. The molecular weight excluding hydrogens is 274 g/mol. The number of nitrogens with zero attached hydrogens (tertiary/aromatic N) is 1. The lowest BCUT2D eigenvalue weighted by atomic mass is 10.3. The molecule has 15 heavy (non-hydrogen) atoms. The molecule has 1 aromatic rings. The van der Waals surface area contributed by atoms with Crippen molar-refractivity contribution in [2.45, 2.75) is 13.3 Å². The van der Waals surface area contributed by atoms with Gasteiger partial charge < -0.3 is 4.90 Å². The predicted octanol–water partition coefficient (Wildman–Crippen LogP) is 3.55. The van der Waals surface area contributed by atoms with Crippen LogP contribution in [0.1, 0.15) is 23.0 Å². The Kier molecular flexibility index (Phi) is 5.05. The van der Waals surface area contributed by atoms with Gasteiger partial charge in [-0.2, -0.15) is 0 Å². The van der Waals surface area contributed by atoms with E-state index in [1.165, 1.54) is 11.3 Å². The average Bonchev–Trinajstić information content (AvgIpc) is 2.63. The molecule has 0 atom stereocenters. The molecule has 0 aliphatic carbocycles. The average molecular weight is 288 g/mol. The van der Waals surface area contributed by atoms with Crippen LogP contribution in [0.15, 0.2) is 28.6 Å². The highest BCUT2D eigenvalue weighted by molar-refractivity contribution is 9.10. The number of halogens is 1. The standard InChI is InChI=1S/C11H14BrNOS/c1-3-6-13(7-4-2)11(14)10-9(12)5-8-15-10/h3,5,8H,1,4,6-7H2,2H3. The summed E-state index contributed by atoms with van der Waals surface area (Å²) in [6, 6.07) is 1.90. The zero-order chi connectivity index (χ0) is 11.3. The Labute approximate surface area is 103 Å². The van der Waals surface area contributed by atoms with E-state index in [0.29, 0.717) is 6.54 Å². The number of hydrogen-bond donors (Lipinski definition) is 0. The van der Waals surface area contributed by atoms with Gasteiger partial charge in [-0.3, -0.25) is 4.79 Å². The summed E-state index contributed by atoms with van der Waals surface area (Å²) in [6.07, 6.45) is 2.72. The fraction of sp³-hybridized carbons (Fsp3) is 0.364. The van der Waals surface area contributed by atoms with Crippen molar-refractivity contribution in [1.82, 2.24) is 4.90 Å². The van der Waals surface area contributed by atoms with Gasteiger partial charge in [0.15, 0.2) is 0 Å². The molecule has 1 heterocycles. The highest BCUT2D eigenvalue weighted by Gasteiger charge is 2.17. The van der Waals surface area contributed by atoms with Gasteiger partial charge >= 0.3 is 0 Å². The maximum atomic E-state index is 12.1. The molecule has 1 rings (SSSR count). The van der Waals surface area contributed by atoms with Crippen molar-refractivity contribution in [1.29, 1.82) is 0 Å². The summed E-state index contributed by atoms with van der Waals surface area (Å²) in [7, 11) is 0. The van der Waals surface area contributed by atoms with Gasteiger partial charge in [-0.05, 0) is 33.8 Å². The summed E-state index contributed by atoms with van der Waals surface area (Å²) in [4.78, 5) is 14.6. The quantitative estimate of drug-likeness (QED) is 0.759. The van der Waals surface area contributed by atoms with Crippen molar-refractivity contribution in [3.63, 3.8) is 0 Å². The van der Waals surface area contributed by atoms with Crippen LogP contribution < -0.4 is 0 Å². The molecule has 1 aromatic heterocycles. The third kappa shape index (κ3) is 3.18. The molecule has 0 unspecified atom stereocenters. The van der Waals surface area contributed by atoms with Gasteiger partial charge in [0.05, 0.1) is 0 Å². The van der Waals surface area contributed by atoms with Crippen molar-refractivity contribution < 1.29 is 4.79 Å². The van der Waals surface area contributed by atoms with E-state index in [1.807, 2.05) is 16.3 Å². The van der Waals surface area contributed by atoms with Gasteiger partial charge in [0.25, 0.3) is 5.91 Å². The minimum Gasteiger partial charge on any atom is -0.334 e. The van der Waals surface area contributed by atoms with Crippen LogP contribution in [0.3, 0.4) is 0 Å². The number of carbonyl (C=O) groups excluding carboxylic acids is 1. The molecule has 0 N–H and O–H groups in total. The van der Waals surface area contributed by atoms with Crippen LogP contribution in [-0.4, -0.2) is 23.9 Å². The first-order chi connectivity index (χ1) is 7.20. The first kappa shape index (κ1) is 12.5. The number of rotatable bonds is 5. The third-order valence-corrected chi connectivity index (χ3v) is 3.77. The highest BCUT2D eigenvalue weighted by Crippen LogP contribution is 2.24. The van der Waals surface area contributed by atoms with E-state index in [1.54, 1.807) is 6.08 Å². The molecule has 1 amide bonds. The number of hydrogen-bond acceptors (Lipinski definition) is 2. The molecule has 0 radical (unpaired) electrons. The molecule has 0 saturated carbocycles. The van der Waals surface area contributed by atoms with Crippen molar-refractivity contribution in [3.8, 4) is 0 Å². The molecule has 0 spiro atoms.